The van der Waals surface area contributed by atoms with Gasteiger partial charge in [-0.15, -0.1) is 0 Å². The Hall–Kier alpha value is -1.95. The lowest BCUT2D eigenvalue weighted by molar-refractivity contribution is -0.132. The quantitative estimate of drug-likeness (QED) is 0.852. The summed E-state index contributed by atoms with van der Waals surface area (Å²) in [4.78, 5) is 12.4. The van der Waals surface area contributed by atoms with E-state index in [1.165, 1.54) is 19.2 Å². The highest BCUT2D eigenvalue weighted by Crippen LogP contribution is 2.22. The van der Waals surface area contributed by atoms with E-state index < -0.39 is 23.9 Å². The topological polar surface area (TPSA) is 58.6 Å². The van der Waals surface area contributed by atoms with E-state index in [-0.39, 0.29) is 11.6 Å². The highest BCUT2D eigenvalue weighted by molar-refractivity contribution is 6.30. The molecule has 2 aromatic rings. The summed E-state index contributed by atoms with van der Waals surface area (Å²) in [7, 11) is 1.42. The molecule has 2 N–H and O–H groups in total. The molecule has 2 rings (SSSR count). The van der Waals surface area contributed by atoms with E-state index in [9.17, 15) is 14.3 Å². The van der Waals surface area contributed by atoms with Crippen LogP contribution in [0, 0.1) is 5.82 Å². The van der Waals surface area contributed by atoms with Crippen LogP contribution in [0.3, 0.4) is 0 Å². The molecule has 23 heavy (non-hydrogen) atoms. The van der Waals surface area contributed by atoms with E-state index in [0.29, 0.717) is 11.1 Å². The van der Waals surface area contributed by atoms with Crippen LogP contribution in [0.5, 0.6) is 0 Å². The first-order chi connectivity index (χ1) is 11.1. The Morgan fingerprint density at radius 2 is 1.96 bits per heavy atom. The maximum absolute atomic E-state index is 13.6. The molecule has 0 aliphatic heterocycles. The summed E-state index contributed by atoms with van der Waals surface area (Å²) in [6, 6.07) is 12.3. The van der Waals surface area contributed by atoms with Gasteiger partial charge in [-0.1, -0.05) is 48.0 Å². The van der Waals surface area contributed by atoms with Gasteiger partial charge in [0.05, 0.1) is 17.7 Å². The number of methoxy groups -OCH3 is 1. The third kappa shape index (κ3) is 4.28. The molecule has 0 aromatic heterocycles. The van der Waals surface area contributed by atoms with Crippen molar-refractivity contribution in [2.75, 3.05) is 13.7 Å². The highest BCUT2D eigenvalue weighted by atomic mass is 35.5. The zero-order chi connectivity index (χ0) is 16.8. The summed E-state index contributed by atoms with van der Waals surface area (Å²) in [5.41, 5.74) is 1.11. The number of ether oxygens (including phenoxy) is 1. The minimum Gasteiger partial charge on any atom is -0.394 e. The number of nitrogens with one attached hydrogen (secondary N) is 1. The number of amides is 1. The molecule has 6 heteroatoms. The van der Waals surface area contributed by atoms with Crippen LogP contribution >= 0.6 is 11.6 Å². The number of aliphatic hydroxyl groups excluding tert-OH is 1. The molecular formula is C17H17ClFNO3. The van der Waals surface area contributed by atoms with Gasteiger partial charge in [0.1, 0.15) is 5.82 Å². The average molecular weight is 338 g/mol. The van der Waals surface area contributed by atoms with Crippen molar-refractivity contribution < 1.29 is 19.0 Å². The van der Waals surface area contributed by atoms with Crippen molar-refractivity contribution in [2.45, 2.75) is 12.1 Å². The number of halogens is 2. The van der Waals surface area contributed by atoms with Crippen molar-refractivity contribution in [3.63, 3.8) is 0 Å². The lowest BCUT2D eigenvalue weighted by Crippen LogP contribution is -2.35. The average Bonchev–Trinajstić information content (AvgIpc) is 2.57. The van der Waals surface area contributed by atoms with Gasteiger partial charge >= 0.3 is 0 Å². The van der Waals surface area contributed by atoms with E-state index >= 15 is 0 Å². The predicted molar refractivity (Wildman–Crippen MR) is 85.6 cm³/mol. The van der Waals surface area contributed by atoms with Crippen molar-refractivity contribution in [2.24, 2.45) is 0 Å². The van der Waals surface area contributed by atoms with Crippen LogP contribution in [0.4, 0.5) is 4.39 Å². The second kappa shape index (κ2) is 8.06. The monoisotopic (exact) mass is 337 g/mol. The van der Waals surface area contributed by atoms with Gasteiger partial charge in [-0.2, -0.15) is 0 Å². The molecule has 0 spiro atoms. The third-order valence-electron chi connectivity index (χ3n) is 3.42. The van der Waals surface area contributed by atoms with Crippen LogP contribution < -0.4 is 5.32 Å². The van der Waals surface area contributed by atoms with Gasteiger partial charge in [-0.3, -0.25) is 4.79 Å². The summed E-state index contributed by atoms with van der Waals surface area (Å²) in [6.07, 6.45) is -0.817. The van der Waals surface area contributed by atoms with Crippen molar-refractivity contribution >= 4 is 17.5 Å². The van der Waals surface area contributed by atoms with Gasteiger partial charge in [-0.05, 0) is 23.3 Å². The summed E-state index contributed by atoms with van der Waals surface area (Å²) in [5, 5.41) is 12.1. The number of hydrogen-bond donors (Lipinski definition) is 2. The molecule has 4 nitrogen and oxygen atoms in total. The molecule has 0 fully saturated rings. The Balaban J connectivity index is 2.17. The normalized spacial score (nSPS) is 13.4. The molecular weight excluding hydrogens is 321 g/mol. The maximum atomic E-state index is 13.6. The largest absolute Gasteiger partial charge is 0.394 e. The minimum absolute atomic E-state index is 0.0178. The van der Waals surface area contributed by atoms with Crippen LogP contribution in [0.1, 0.15) is 23.3 Å². The van der Waals surface area contributed by atoms with Crippen LogP contribution in [0.15, 0.2) is 48.5 Å². The standard InChI is InChI=1S/C17H17ClFNO3/c1-23-16(11-5-3-2-4-6-11)17(22)20-15(10-21)12-7-8-13(18)14(19)9-12/h2-9,15-16,21H,10H2,1H3,(H,20,22). The molecule has 2 aromatic carbocycles. The van der Waals surface area contributed by atoms with Crippen molar-refractivity contribution in [3.8, 4) is 0 Å². The molecule has 0 aliphatic rings. The van der Waals surface area contributed by atoms with Gasteiger partial charge in [0.15, 0.2) is 6.10 Å². The molecule has 0 radical (unpaired) electrons. The van der Waals surface area contributed by atoms with Crippen molar-refractivity contribution in [1.82, 2.24) is 5.32 Å². The highest BCUT2D eigenvalue weighted by Gasteiger charge is 2.23. The van der Waals surface area contributed by atoms with Crippen LogP contribution in [0.25, 0.3) is 0 Å². The molecule has 0 aliphatic carbocycles. The van der Waals surface area contributed by atoms with Gasteiger partial charge < -0.3 is 15.2 Å². The zero-order valence-electron chi connectivity index (χ0n) is 12.5. The van der Waals surface area contributed by atoms with E-state index in [2.05, 4.69) is 5.32 Å². The summed E-state index contributed by atoms with van der Waals surface area (Å²) >= 11 is 5.64. The van der Waals surface area contributed by atoms with Crippen LogP contribution in [0.2, 0.25) is 5.02 Å². The Kier molecular flexibility index (Phi) is 6.10. The predicted octanol–water partition coefficient (Wildman–Crippen LogP) is 3.02. The number of hydrogen-bond acceptors (Lipinski definition) is 3. The maximum Gasteiger partial charge on any atom is 0.254 e. The molecule has 2 atom stereocenters. The third-order valence-corrected chi connectivity index (χ3v) is 3.73. The first kappa shape index (κ1) is 17.4. The van der Waals surface area contributed by atoms with Crippen molar-refractivity contribution in [3.05, 3.63) is 70.5 Å². The van der Waals surface area contributed by atoms with Gasteiger partial charge in [0, 0.05) is 7.11 Å². The van der Waals surface area contributed by atoms with E-state index in [1.807, 2.05) is 6.07 Å². The fourth-order valence-corrected chi connectivity index (χ4v) is 2.35. The second-order valence-corrected chi connectivity index (χ2v) is 5.35. The number of aliphatic hydroxyl groups is 1. The molecule has 0 saturated carbocycles. The molecule has 0 saturated heterocycles. The van der Waals surface area contributed by atoms with Crippen molar-refractivity contribution in [1.29, 1.82) is 0 Å². The van der Waals surface area contributed by atoms with Gasteiger partial charge in [0.2, 0.25) is 0 Å². The zero-order valence-corrected chi connectivity index (χ0v) is 13.3. The Morgan fingerprint density at radius 1 is 1.26 bits per heavy atom. The molecule has 1 amide bonds. The summed E-state index contributed by atoms with van der Waals surface area (Å²) < 4.78 is 18.8. The summed E-state index contributed by atoms with van der Waals surface area (Å²) in [5.74, 6) is -1.03. The first-order valence-corrected chi connectivity index (χ1v) is 7.38. The fraction of sp³-hybridized carbons (Fsp3) is 0.235. The molecule has 2 unspecified atom stereocenters. The number of benzene rings is 2. The van der Waals surface area contributed by atoms with Gasteiger partial charge in [0.25, 0.3) is 5.91 Å². The van der Waals surface area contributed by atoms with E-state index in [4.69, 9.17) is 16.3 Å². The van der Waals surface area contributed by atoms with Crippen LogP contribution in [-0.2, 0) is 9.53 Å². The fourth-order valence-electron chi connectivity index (χ4n) is 2.23. The van der Waals surface area contributed by atoms with E-state index in [1.54, 1.807) is 30.3 Å². The first-order valence-electron chi connectivity index (χ1n) is 7.00. The van der Waals surface area contributed by atoms with Gasteiger partial charge in [-0.25, -0.2) is 4.39 Å². The Bertz CT molecular complexity index is 666. The molecule has 0 bridgehead atoms. The van der Waals surface area contributed by atoms with Crippen LogP contribution in [-0.4, -0.2) is 24.7 Å². The number of carbonyl (C=O) groups excluding carboxylic acids is 1. The van der Waals surface area contributed by atoms with E-state index in [0.717, 1.165) is 0 Å². The second-order valence-electron chi connectivity index (χ2n) is 4.94. The molecule has 0 heterocycles. The number of carbonyl (C=O) groups is 1. The lowest BCUT2D eigenvalue weighted by atomic mass is 10.1. The smallest absolute Gasteiger partial charge is 0.254 e. The summed E-state index contributed by atoms with van der Waals surface area (Å²) in [6.45, 7) is -0.377. The minimum atomic E-state index is -0.817. The molecule has 122 valence electrons. The lowest BCUT2D eigenvalue weighted by Gasteiger charge is -2.21. The number of rotatable bonds is 6. The SMILES string of the molecule is COC(C(=O)NC(CO)c1ccc(Cl)c(F)c1)c1ccccc1. The Morgan fingerprint density at radius 3 is 2.52 bits per heavy atom. The Labute approximate surface area is 138 Å².